The molecule has 1 amide bonds. The van der Waals surface area contributed by atoms with Gasteiger partial charge in [-0.05, 0) is 12.5 Å². The SMILES string of the molecule is Cc1ccc(C(O)NC(=O)OCc2ccccc2)cc1. The van der Waals surface area contributed by atoms with Crippen molar-refractivity contribution in [3.63, 3.8) is 0 Å². The Bertz CT molecular complexity index is 552. The molecule has 0 saturated heterocycles. The Morgan fingerprint density at radius 1 is 1.15 bits per heavy atom. The summed E-state index contributed by atoms with van der Waals surface area (Å²) in [6.07, 6.45) is -1.72. The number of benzene rings is 2. The molecule has 20 heavy (non-hydrogen) atoms. The van der Waals surface area contributed by atoms with Gasteiger partial charge in [-0.25, -0.2) is 4.79 Å². The molecule has 0 bridgehead atoms. The van der Waals surface area contributed by atoms with Gasteiger partial charge in [0.05, 0.1) is 0 Å². The van der Waals surface area contributed by atoms with Crippen LogP contribution in [0.15, 0.2) is 54.6 Å². The molecule has 0 saturated carbocycles. The minimum atomic E-state index is -1.07. The first-order chi connectivity index (χ1) is 9.65. The Labute approximate surface area is 118 Å². The van der Waals surface area contributed by atoms with Crippen molar-refractivity contribution in [1.82, 2.24) is 5.32 Å². The van der Waals surface area contributed by atoms with Crippen molar-refractivity contribution in [1.29, 1.82) is 0 Å². The Balaban J connectivity index is 1.83. The van der Waals surface area contributed by atoms with Crippen molar-refractivity contribution in [2.45, 2.75) is 19.8 Å². The van der Waals surface area contributed by atoms with Gasteiger partial charge in [-0.1, -0.05) is 60.2 Å². The van der Waals surface area contributed by atoms with E-state index in [1.165, 1.54) is 0 Å². The fraction of sp³-hybridized carbons (Fsp3) is 0.188. The molecule has 4 heteroatoms. The number of aliphatic hydroxyl groups is 1. The van der Waals surface area contributed by atoms with Crippen LogP contribution in [0.2, 0.25) is 0 Å². The van der Waals surface area contributed by atoms with E-state index in [0.29, 0.717) is 5.56 Å². The highest BCUT2D eigenvalue weighted by Gasteiger charge is 2.11. The first-order valence-corrected chi connectivity index (χ1v) is 6.37. The second-order valence-electron chi connectivity index (χ2n) is 4.52. The van der Waals surface area contributed by atoms with Gasteiger partial charge in [0.25, 0.3) is 0 Å². The summed E-state index contributed by atoms with van der Waals surface area (Å²) in [6, 6.07) is 16.6. The van der Waals surface area contributed by atoms with E-state index in [1.54, 1.807) is 12.1 Å². The number of alkyl carbamates (subject to hydrolysis) is 1. The first kappa shape index (κ1) is 14.1. The van der Waals surface area contributed by atoms with Crippen molar-refractivity contribution >= 4 is 6.09 Å². The van der Waals surface area contributed by atoms with E-state index in [0.717, 1.165) is 11.1 Å². The van der Waals surface area contributed by atoms with Crippen molar-refractivity contribution in [3.05, 3.63) is 71.3 Å². The third-order valence-electron chi connectivity index (χ3n) is 2.86. The zero-order valence-electron chi connectivity index (χ0n) is 11.2. The highest BCUT2D eigenvalue weighted by molar-refractivity contribution is 5.67. The molecule has 0 aliphatic carbocycles. The average Bonchev–Trinajstić information content (AvgIpc) is 2.47. The second kappa shape index (κ2) is 6.73. The van der Waals surface area contributed by atoms with Gasteiger partial charge in [0.1, 0.15) is 6.61 Å². The van der Waals surface area contributed by atoms with E-state index in [4.69, 9.17) is 4.74 Å². The maximum atomic E-state index is 11.6. The van der Waals surface area contributed by atoms with Gasteiger partial charge in [0.2, 0.25) is 0 Å². The van der Waals surface area contributed by atoms with E-state index in [1.807, 2.05) is 49.4 Å². The van der Waals surface area contributed by atoms with Crippen LogP contribution in [0.1, 0.15) is 22.9 Å². The number of hydrogen-bond donors (Lipinski definition) is 2. The maximum absolute atomic E-state index is 11.6. The summed E-state index contributed by atoms with van der Waals surface area (Å²) in [7, 11) is 0. The van der Waals surface area contributed by atoms with Crippen LogP contribution in [0.4, 0.5) is 4.79 Å². The predicted molar refractivity (Wildman–Crippen MR) is 75.9 cm³/mol. The fourth-order valence-corrected chi connectivity index (χ4v) is 1.71. The van der Waals surface area contributed by atoms with Crippen LogP contribution < -0.4 is 5.32 Å². The highest BCUT2D eigenvalue weighted by Crippen LogP contribution is 2.11. The molecule has 2 N–H and O–H groups in total. The number of amides is 1. The van der Waals surface area contributed by atoms with E-state index in [9.17, 15) is 9.90 Å². The fourth-order valence-electron chi connectivity index (χ4n) is 1.71. The highest BCUT2D eigenvalue weighted by atomic mass is 16.6. The largest absolute Gasteiger partial charge is 0.445 e. The minimum absolute atomic E-state index is 0.174. The molecule has 2 aromatic rings. The molecule has 0 aromatic heterocycles. The molecular formula is C16H17NO3. The number of hydrogen-bond acceptors (Lipinski definition) is 3. The molecule has 2 rings (SSSR count). The molecule has 0 heterocycles. The maximum Gasteiger partial charge on any atom is 0.409 e. The van der Waals surface area contributed by atoms with Crippen molar-refractivity contribution < 1.29 is 14.6 Å². The van der Waals surface area contributed by atoms with Crippen LogP contribution in [0, 0.1) is 6.92 Å². The second-order valence-corrected chi connectivity index (χ2v) is 4.52. The van der Waals surface area contributed by atoms with E-state index >= 15 is 0 Å². The van der Waals surface area contributed by atoms with Gasteiger partial charge in [-0.3, -0.25) is 5.32 Å². The molecule has 1 atom stereocenters. The van der Waals surface area contributed by atoms with Crippen LogP contribution in [0.5, 0.6) is 0 Å². The number of nitrogens with one attached hydrogen (secondary N) is 1. The number of aryl methyl sites for hydroxylation is 1. The summed E-state index contributed by atoms with van der Waals surface area (Å²) in [5, 5.41) is 12.2. The summed E-state index contributed by atoms with van der Waals surface area (Å²) in [4.78, 5) is 11.6. The van der Waals surface area contributed by atoms with Crippen LogP contribution in [-0.4, -0.2) is 11.2 Å². The summed E-state index contributed by atoms with van der Waals surface area (Å²) in [6.45, 7) is 2.13. The molecule has 1 unspecified atom stereocenters. The molecule has 2 aromatic carbocycles. The average molecular weight is 271 g/mol. The van der Waals surface area contributed by atoms with Gasteiger partial charge in [0, 0.05) is 5.56 Å². The summed E-state index contributed by atoms with van der Waals surface area (Å²) in [5.41, 5.74) is 2.60. The Hall–Kier alpha value is -2.33. The number of carbonyl (C=O) groups excluding carboxylic acids is 1. The number of aliphatic hydroxyl groups excluding tert-OH is 1. The van der Waals surface area contributed by atoms with E-state index in [-0.39, 0.29) is 6.61 Å². The van der Waals surface area contributed by atoms with Gasteiger partial charge < -0.3 is 9.84 Å². The lowest BCUT2D eigenvalue weighted by Crippen LogP contribution is -2.28. The summed E-state index contributed by atoms with van der Waals surface area (Å²) in [5.74, 6) is 0. The van der Waals surface area contributed by atoms with Crippen LogP contribution >= 0.6 is 0 Å². The Morgan fingerprint density at radius 2 is 1.80 bits per heavy atom. The van der Waals surface area contributed by atoms with Crippen molar-refractivity contribution in [2.24, 2.45) is 0 Å². The zero-order chi connectivity index (χ0) is 14.4. The van der Waals surface area contributed by atoms with Crippen molar-refractivity contribution in [3.8, 4) is 0 Å². The van der Waals surface area contributed by atoms with Crippen molar-refractivity contribution in [2.75, 3.05) is 0 Å². The standard InChI is InChI=1S/C16H17NO3/c1-12-7-9-14(10-8-12)15(18)17-16(19)20-11-13-5-3-2-4-6-13/h2-10,15,18H,11H2,1H3,(H,17,19). The molecule has 0 aliphatic rings. The lowest BCUT2D eigenvalue weighted by molar-refractivity contribution is 0.0948. The zero-order valence-corrected chi connectivity index (χ0v) is 11.2. The smallest absolute Gasteiger partial charge is 0.409 e. The molecular weight excluding hydrogens is 254 g/mol. The van der Waals surface area contributed by atoms with Gasteiger partial charge in [0.15, 0.2) is 6.23 Å². The molecule has 0 spiro atoms. The molecule has 0 radical (unpaired) electrons. The lowest BCUT2D eigenvalue weighted by atomic mass is 10.1. The van der Waals surface area contributed by atoms with Gasteiger partial charge in [-0.2, -0.15) is 0 Å². The Morgan fingerprint density at radius 3 is 2.45 bits per heavy atom. The predicted octanol–water partition coefficient (Wildman–Crippen LogP) is 2.91. The quantitative estimate of drug-likeness (QED) is 0.841. The molecule has 0 aliphatic heterocycles. The molecule has 0 fully saturated rings. The van der Waals surface area contributed by atoms with Crippen LogP contribution in [0.25, 0.3) is 0 Å². The van der Waals surface area contributed by atoms with E-state index in [2.05, 4.69) is 5.32 Å². The van der Waals surface area contributed by atoms with Crippen LogP contribution in [-0.2, 0) is 11.3 Å². The Kier molecular flexibility index (Phi) is 4.74. The third kappa shape index (κ3) is 4.10. The lowest BCUT2D eigenvalue weighted by Gasteiger charge is -2.13. The molecule has 4 nitrogen and oxygen atoms in total. The topological polar surface area (TPSA) is 58.6 Å². The normalized spacial score (nSPS) is 11.7. The summed E-state index contributed by atoms with van der Waals surface area (Å²) < 4.78 is 5.03. The van der Waals surface area contributed by atoms with Gasteiger partial charge >= 0.3 is 6.09 Å². The monoisotopic (exact) mass is 271 g/mol. The number of ether oxygens (including phenoxy) is 1. The third-order valence-corrected chi connectivity index (χ3v) is 2.86. The van der Waals surface area contributed by atoms with Crippen LogP contribution in [0.3, 0.4) is 0 Å². The number of rotatable bonds is 4. The number of carbonyl (C=O) groups is 1. The molecule has 104 valence electrons. The summed E-state index contributed by atoms with van der Waals surface area (Å²) >= 11 is 0. The van der Waals surface area contributed by atoms with E-state index < -0.39 is 12.3 Å². The van der Waals surface area contributed by atoms with Gasteiger partial charge in [-0.15, -0.1) is 0 Å². The first-order valence-electron chi connectivity index (χ1n) is 6.37. The minimum Gasteiger partial charge on any atom is -0.445 e.